The number of carbonyl (C=O) groups is 1. The molecule has 108 valence electrons. The molecule has 0 unspecified atom stereocenters. The molecular weight excluding hydrogens is 276 g/mol. The number of carboxylic acids is 1. The number of carboxylic acid groups (broad SMARTS) is 1. The molecule has 8 nitrogen and oxygen atoms in total. The number of aryl methyl sites for hydroxylation is 1. The third-order valence-electron chi connectivity index (χ3n) is 2.60. The summed E-state index contributed by atoms with van der Waals surface area (Å²) in [6.45, 7) is 1.42. The predicted molar refractivity (Wildman–Crippen MR) is 75.0 cm³/mol. The lowest BCUT2D eigenvalue weighted by Crippen LogP contribution is -2.14. The number of aliphatic carboxylic acids is 1. The number of nitrogens with one attached hydrogen (secondary N) is 1. The molecule has 2 rings (SSSR count). The highest BCUT2D eigenvalue weighted by molar-refractivity contribution is 5.72. The van der Waals surface area contributed by atoms with Crippen molar-refractivity contribution in [1.29, 1.82) is 0 Å². The second-order valence-electron chi connectivity index (χ2n) is 4.27. The molecule has 8 heteroatoms. The van der Waals surface area contributed by atoms with E-state index >= 15 is 0 Å². The number of nitro benzene ring substituents is 1. The summed E-state index contributed by atoms with van der Waals surface area (Å²) in [7, 11) is 0. The summed E-state index contributed by atoms with van der Waals surface area (Å²) in [5.74, 6) is -0.865. The Kier molecular flexibility index (Phi) is 4.07. The lowest BCUT2D eigenvalue weighted by atomic mass is 10.1. The molecule has 0 saturated carbocycles. The van der Waals surface area contributed by atoms with Gasteiger partial charge in [0, 0.05) is 23.4 Å². The largest absolute Gasteiger partial charge is 0.480 e. The van der Waals surface area contributed by atoms with Crippen LogP contribution in [0.25, 0.3) is 11.3 Å². The number of hydrogen-bond donors (Lipinski definition) is 2. The minimum atomic E-state index is -1.03. The van der Waals surface area contributed by atoms with Crippen molar-refractivity contribution >= 4 is 17.6 Å². The molecule has 0 saturated heterocycles. The Morgan fingerprint density at radius 3 is 2.81 bits per heavy atom. The zero-order valence-corrected chi connectivity index (χ0v) is 11.1. The Morgan fingerprint density at radius 2 is 2.14 bits per heavy atom. The predicted octanol–water partition coefficient (Wildman–Crippen LogP) is 1.86. The fourth-order valence-electron chi connectivity index (χ4n) is 1.73. The molecule has 21 heavy (non-hydrogen) atoms. The summed E-state index contributed by atoms with van der Waals surface area (Å²) in [6.07, 6.45) is 0. The maximum Gasteiger partial charge on any atom is 0.322 e. The Balaban J connectivity index is 2.37. The number of rotatable bonds is 5. The number of nitrogens with zero attached hydrogens (tertiary/aromatic N) is 3. The highest BCUT2D eigenvalue weighted by atomic mass is 16.6. The van der Waals surface area contributed by atoms with E-state index in [9.17, 15) is 14.9 Å². The molecule has 0 fully saturated rings. The van der Waals surface area contributed by atoms with E-state index in [-0.39, 0.29) is 18.2 Å². The van der Waals surface area contributed by atoms with Crippen LogP contribution in [0.5, 0.6) is 0 Å². The molecule has 0 radical (unpaired) electrons. The van der Waals surface area contributed by atoms with Crippen molar-refractivity contribution in [1.82, 2.24) is 9.97 Å². The summed E-state index contributed by atoms with van der Waals surface area (Å²) < 4.78 is 0. The van der Waals surface area contributed by atoms with Gasteiger partial charge >= 0.3 is 5.97 Å². The summed E-state index contributed by atoms with van der Waals surface area (Å²) in [5.41, 5.74) is 1.63. The fourth-order valence-corrected chi connectivity index (χ4v) is 1.73. The molecule has 1 heterocycles. The fraction of sp³-hybridized carbons (Fsp3) is 0.154. The van der Waals surface area contributed by atoms with E-state index < -0.39 is 10.9 Å². The molecule has 0 spiro atoms. The number of aromatic nitrogens is 2. The molecule has 2 aromatic rings. The highest BCUT2D eigenvalue weighted by Crippen LogP contribution is 2.23. The van der Waals surface area contributed by atoms with E-state index in [1.807, 2.05) is 0 Å². The van der Waals surface area contributed by atoms with Crippen LogP contribution < -0.4 is 5.32 Å². The second-order valence-corrected chi connectivity index (χ2v) is 4.27. The number of nitro groups is 1. The van der Waals surface area contributed by atoms with Crippen LogP contribution >= 0.6 is 0 Å². The van der Waals surface area contributed by atoms with Crippen LogP contribution in [0, 0.1) is 17.0 Å². The normalized spacial score (nSPS) is 10.1. The van der Waals surface area contributed by atoms with Gasteiger partial charge in [-0.2, -0.15) is 0 Å². The Labute approximate surface area is 119 Å². The van der Waals surface area contributed by atoms with Gasteiger partial charge in [0.15, 0.2) is 0 Å². The van der Waals surface area contributed by atoms with Crippen molar-refractivity contribution in [2.45, 2.75) is 6.92 Å². The van der Waals surface area contributed by atoms with Gasteiger partial charge in [-0.15, -0.1) is 0 Å². The van der Waals surface area contributed by atoms with Crippen molar-refractivity contribution in [3.05, 3.63) is 46.1 Å². The lowest BCUT2D eigenvalue weighted by molar-refractivity contribution is -0.384. The van der Waals surface area contributed by atoms with Crippen molar-refractivity contribution in [2.24, 2.45) is 0 Å². The van der Waals surface area contributed by atoms with Gasteiger partial charge in [0.2, 0.25) is 5.95 Å². The van der Waals surface area contributed by atoms with Crippen LogP contribution in [0.15, 0.2) is 30.3 Å². The van der Waals surface area contributed by atoms with Crippen molar-refractivity contribution < 1.29 is 14.8 Å². The minimum absolute atomic E-state index is 0.0381. The maximum atomic E-state index is 10.8. The molecule has 1 aromatic heterocycles. The first kappa shape index (κ1) is 14.4. The van der Waals surface area contributed by atoms with Gasteiger partial charge in [0.1, 0.15) is 6.54 Å². The minimum Gasteiger partial charge on any atom is -0.480 e. The van der Waals surface area contributed by atoms with Crippen LogP contribution in [0.1, 0.15) is 5.69 Å². The molecular formula is C13H12N4O4. The van der Waals surface area contributed by atoms with Gasteiger partial charge in [-0.25, -0.2) is 9.97 Å². The average Bonchev–Trinajstić information content (AvgIpc) is 2.44. The first-order chi connectivity index (χ1) is 9.95. The number of benzene rings is 1. The molecule has 0 aliphatic rings. The zero-order chi connectivity index (χ0) is 15.4. The molecule has 0 bridgehead atoms. The van der Waals surface area contributed by atoms with Gasteiger partial charge in [0.25, 0.3) is 5.69 Å². The van der Waals surface area contributed by atoms with Gasteiger partial charge < -0.3 is 10.4 Å². The van der Waals surface area contributed by atoms with Gasteiger partial charge in [-0.05, 0) is 13.0 Å². The third kappa shape index (κ3) is 3.72. The van der Waals surface area contributed by atoms with Crippen LogP contribution in [0.3, 0.4) is 0 Å². The standard InChI is InChI=1S/C13H12N4O4/c1-8-5-11(16-13(15-8)14-7-12(18)19)9-3-2-4-10(6-9)17(20)21/h2-6H,7H2,1H3,(H,18,19)(H,14,15,16). The molecule has 0 aliphatic carbocycles. The van der Waals surface area contributed by atoms with Gasteiger partial charge in [-0.3, -0.25) is 14.9 Å². The lowest BCUT2D eigenvalue weighted by Gasteiger charge is -2.07. The third-order valence-corrected chi connectivity index (χ3v) is 2.60. The Hall–Kier alpha value is -3.03. The molecule has 0 aliphatic heterocycles. The van der Waals surface area contributed by atoms with E-state index in [4.69, 9.17) is 5.11 Å². The smallest absolute Gasteiger partial charge is 0.322 e. The summed E-state index contributed by atoms with van der Waals surface area (Å²) in [6, 6.07) is 7.72. The first-order valence-corrected chi connectivity index (χ1v) is 6.02. The van der Waals surface area contributed by atoms with Crippen molar-refractivity contribution in [3.8, 4) is 11.3 Å². The molecule has 0 amide bonds. The van der Waals surface area contributed by atoms with Gasteiger partial charge in [-0.1, -0.05) is 12.1 Å². The molecule has 2 N–H and O–H groups in total. The molecule has 0 atom stereocenters. The number of hydrogen-bond acceptors (Lipinski definition) is 6. The zero-order valence-electron chi connectivity index (χ0n) is 11.1. The first-order valence-electron chi connectivity index (χ1n) is 6.02. The van der Waals surface area contributed by atoms with E-state index in [0.717, 1.165) is 0 Å². The summed E-state index contributed by atoms with van der Waals surface area (Å²) in [4.78, 5) is 29.1. The SMILES string of the molecule is Cc1cc(-c2cccc([N+](=O)[O-])c2)nc(NCC(=O)O)n1. The van der Waals surface area contributed by atoms with Crippen LogP contribution in [0.2, 0.25) is 0 Å². The second kappa shape index (κ2) is 5.95. The summed E-state index contributed by atoms with van der Waals surface area (Å²) in [5, 5.41) is 22.0. The van der Waals surface area contributed by atoms with E-state index in [0.29, 0.717) is 17.0 Å². The van der Waals surface area contributed by atoms with Crippen molar-refractivity contribution in [3.63, 3.8) is 0 Å². The summed E-state index contributed by atoms with van der Waals surface area (Å²) >= 11 is 0. The van der Waals surface area contributed by atoms with E-state index in [2.05, 4.69) is 15.3 Å². The Morgan fingerprint density at radius 1 is 1.38 bits per heavy atom. The van der Waals surface area contributed by atoms with E-state index in [1.165, 1.54) is 12.1 Å². The Bertz CT molecular complexity index is 702. The van der Waals surface area contributed by atoms with Gasteiger partial charge in [0.05, 0.1) is 10.6 Å². The van der Waals surface area contributed by atoms with Crippen LogP contribution in [-0.2, 0) is 4.79 Å². The van der Waals surface area contributed by atoms with Crippen LogP contribution in [-0.4, -0.2) is 32.5 Å². The quantitative estimate of drug-likeness (QED) is 0.636. The topological polar surface area (TPSA) is 118 Å². The maximum absolute atomic E-state index is 10.8. The van der Waals surface area contributed by atoms with Crippen molar-refractivity contribution in [2.75, 3.05) is 11.9 Å². The monoisotopic (exact) mass is 288 g/mol. The highest BCUT2D eigenvalue weighted by Gasteiger charge is 2.10. The average molecular weight is 288 g/mol. The number of anilines is 1. The van der Waals surface area contributed by atoms with E-state index in [1.54, 1.807) is 25.1 Å². The van der Waals surface area contributed by atoms with Crippen LogP contribution in [0.4, 0.5) is 11.6 Å². The molecule has 1 aromatic carbocycles. The number of non-ortho nitro benzene ring substituents is 1.